The van der Waals surface area contributed by atoms with Gasteiger partial charge in [0.1, 0.15) is 0 Å². The first kappa shape index (κ1) is 10.8. The van der Waals surface area contributed by atoms with Gasteiger partial charge in [-0.2, -0.15) is 0 Å². The summed E-state index contributed by atoms with van der Waals surface area (Å²) in [5, 5.41) is 11.6. The van der Waals surface area contributed by atoms with E-state index in [1.807, 2.05) is 42.5 Å². The van der Waals surface area contributed by atoms with Crippen LogP contribution in [0.2, 0.25) is 0 Å². The first-order valence-electron chi connectivity index (χ1n) is 5.87. The van der Waals surface area contributed by atoms with Crippen LogP contribution in [-0.4, -0.2) is 5.21 Å². The second kappa shape index (κ2) is 4.51. The van der Waals surface area contributed by atoms with Gasteiger partial charge in [0, 0.05) is 5.56 Å². The number of fused-ring (bicyclic) bond motifs is 1. The third kappa shape index (κ3) is 1.73. The van der Waals surface area contributed by atoms with Crippen molar-refractivity contribution in [1.82, 2.24) is 0 Å². The minimum Gasteiger partial charge on any atom is -0.291 e. The molecule has 0 aromatic heterocycles. The number of para-hydroxylation sites is 1. The SMILES string of the molecule is ONc1ccccc1-c1cccc2ccccc12. The van der Waals surface area contributed by atoms with E-state index in [0.29, 0.717) is 5.69 Å². The van der Waals surface area contributed by atoms with Crippen molar-refractivity contribution >= 4 is 16.5 Å². The van der Waals surface area contributed by atoms with Gasteiger partial charge in [-0.05, 0) is 22.4 Å². The zero-order valence-corrected chi connectivity index (χ0v) is 9.80. The standard InChI is InChI=1S/C16H13NO/c18-17-16-11-4-3-9-15(16)14-10-5-7-12-6-1-2-8-13(12)14/h1-11,17-18H. The number of rotatable bonds is 2. The molecule has 3 rings (SSSR count). The lowest BCUT2D eigenvalue weighted by Crippen LogP contribution is -1.92. The van der Waals surface area contributed by atoms with Crippen molar-refractivity contribution in [3.05, 3.63) is 66.7 Å². The molecule has 0 radical (unpaired) electrons. The Morgan fingerprint density at radius 1 is 0.667 bits per heavy atom. The van der Waals surface area contributed by atoms with Crippen molar-refractivity contribution in [2.24, 2.45) is 0 Å². The highest BCUT2D eigenvalue weighted by Crippen LogP contribution is 2.33. The fourth-order valence-corrected chi connectivity index (χ4v) is 2.28. The summed E-state index contributed by atoms with van der Waals surface area (Å²) in [6, 6.07) is 22.2. The number of hydrogen-bond acceptors (Lipinski definition) is 2. The van der Waals surface area contributed by atoms with Gasteiger partial charge in [0.15, 0.2) is 0 Å². The van der Waals surface area contributed by atoms with Crippen molar-refractivity contribution in [3.8, 4) is 11.1 Å². The zero-order chi connectivity index (χ0) is 12.4. The number of hydrogen-bond donors (Lipinski definition) is 2. The molecule has 3 aromatic carbocycles. The third-order valence-corrected chi connectivity index (χ3v) is 3.13. The Kier molecular flexibility index (Phi) is 2.71. The predicted octanol–water partition coefficient (Wildman–Crippen LogP) is 4.31. The van der Waals surface area contributed by atoms with E-state index in [0.717, 1.165) is 11.1 Å². The molecule has 0 atom stereocenters. The summed E-state index contributed by atoms with van der Waals surface area (Å²) < 4.78 is 0. The lowest BCUT2D eigenvalue weighted by atomic mass is 9.97. The van der Waals surface area contributed by atoms with E-state index in [9.17, 15) is 5.21 Å². The summed E-state index contributed by atoms with van der Waals surface area (Å²) in [6.45, 7) is 0. The van der Waals surface area contributed by atoms with Crippen LogP contribution in [0.5, 0.6) is 0 Å². The molecule has 2 N–H and O–H groups in total. The van der Waals surface area contributed by atoms with Crippen LogP contribution >= 0.6 is 0 Å². The van der Waals surface area contributed by atoms with Gasteiger partial charge in [-0.15, -0.1) is 0 Å². The normalized spacial score (nSPS) is 10.5. The van der Waals surface area contributed by atoms with E-state index in [2.05, 4.69) is 29.7 Å². The fourth-order valence-electron chi connectivity index (χ4n) is 2.28. The first-order valence-corrected chi connectivity index (χ1v) is 5.87. The van der Waals surface area contributed by atoms with Gasteiger partial charge in [0.2, 0.25) is 0 Å². The Bertz CT molecular complexity index is 686. The first-order chi connectivity index (χ1) is 8.90. The average Bonchev–Trinajstić information content (AvgIpc) is 2.46. The minimum absolute atomic E-state index is 0.717. The van der Waals surface area contributed by atoms with E-state index in [-0.39, 0.29) is 0 Å². The van der Waals surface area contributed by atoms with E-state index < -0.39 is 0 Å². The average molecular weight is 235 g/mol. The molecular formula is C16H13NO. The molecule has 0 aliphatic rings. The van der Waals surface area contributed by atoms with Crippen LogP contribution in [0.3, 0.4) is 0 Å². The highest BCUT2D eigenvalue weighted by molar-refractivity contribution is 5.99. The van der Waals surface area contributed by atoms with Gasteiger partial charge in [0.25, 0.3) is 0 Å². The van der Waals surface area contributed by atoms with E-state index in [1.54, 1.807) is 0 Å². The van der Waals surface area contributed by atoms with E-state index in [1.165, 1.54) is 10.8 Å². The highest BCUT2D eigenvalue weighted by Gasteiger charge is 2.06. The van der Waals surface area contributed by atoms with Crippen molar-refractivity contribution in [1.29, 1.82) is 0 Å². The van der Waals surface area contributed by atoms with E-state index >= 15 is 0 Å². The molecule has 0 heterocycles. The Balaban J connectivity index is 2.32. The van der Waals surface area contributed by atoms with Crippen LogP contribution in [0.15, 0.2) is 66.7 Å². The summed E-state index contributed by atoms with van der Waals surface area (Å²) in [6.07, 6.45) is 0. The molecule has 0 amide bonds. The second-order valence-electron chi connectivity index (χ2n) is 4.18. The van der Waals surface area contributed by atoms with Crippen LogP contribution in [-0.2, 0) is 0 Å². The van der Waals surface area contributed by atoms with Crippen LogP contribution in [0.1, 0.15) is 0 Å². The van der Waals surface area contributed by atoms with Gasteiger partial charge in [-0.3, -0.25) is 10.7 Å². The summed E-state index contributed by atoms with van der Waals surface area (Å²) in [5.41, 5.74) is 5.09. The van der Waals surface area contributed by atoms with Gasteiger partial charge in [-0.1, -0.05) is 60.7 Å². The molecule has 0 fully saturated rings. The maximum atomic E-state index is 9.20. The van der Waals surface area contributed by atoms with Crippen molar-refractivity contribution in [2.45, 2.75) is 0 Å². The Morgan fingerprint density at radius 2 is 1.33 bits per heavy atom. The molecule has 0 saturated heterocycles. The monoisotopic (exact) mass is 235 g/mol. The molecular weight excluding hydrogens is 222 g/mol. The summed E-state index contributed by atoms with van der Waals surface area (Å²) in [7, 11) is 0. The van der Waals surface area contributed by atoms with Gasteiger partial charge in [0.05, 0.1) is 5.69 Å². The third-order valence-electron chi connectivity index (χ3n) is 3.13. The number of nitrogens with one attached hydrogen (secondary N) is 1. The summed E-state index contributed by atoms with van der Waals surface area (Å²) >= 11 is 0. The smallest absolute Gasteiger partial charge is 0.0680 e. The van der Waals surface area contributed by atoms with Crippen LogP contribution < -0.4 is 5.48 Å². The molecule has 0 aliphatic carbocycles. The zero-order valence-electron chi connectivity index (χ0n) is 9.80. The van der Waals surface area contributed by atoms with Gasteiger partial charge < -0.3 is 0 Å². The molecule has 0 aliphatic heterocycles. The summed E-state index contributed by atoms with van der Waals surface area (Å²) in [5.74, 6) is 0. The molecule has 2 nitrogen and oxygen atoms in total. The van der Waals surface area contributed by atoms with Gasteiger partial charge >= 0.3 is 0 Å². The van der Waals surface area contributed by atoms with E-state index in [4.69, 9.17) is 0 Å². The molecule has 0 unspecified atom stereocenters. The Hall–Kier alpha value is -2.32. The molecule has 3 aromatic rings. The molecule has 18 heavy (non-hydrogen) atoms. The maximum Gasteiger partial charge on any atom is 0.0680 e. The van der Waals surface area contributed by atoms with Crippen LogP contribution in [0.25, 0.3) is 21.9 Å². The Labute approximate surface area is 105 Å². The minimum atomic E-state index is 0.717. The maximum absolute atomic E-state index is 9.20. The van der Waals surface area contributed by atoms with Crippen molar-refractivity contribution < 1.29 is 5.21 Å². The van der Waals surface area contributed by atoms with Gasteiger partial charge in [-0.25, -0.2) is 0 Å². The quantitative estimate of drug-likeness (QED) is 0.649. The second-order valence-corrected chi connectivity index (χ2v) is 4.18. The Morgan fingerprint density at radius 3 is 2.22 bits per heavy atom. The highest BCUT2D eigenvalue weighted by atomic mass is 16.5. The van der Waals surface area contributed by atoms with Crippen LogP contribution in [0.4, 0.5) is 5.69 Å². The molecule has 0 saturated carbocycles. The lowest BCUT2D eigenvalue weighted by Gasteiger charge is -2.10. The molecule has 88 valence electrons. The van der Waals surface area contributed by atoms with Crippen molar-refractivity contribution in [2.75, 3.05) is 5.48 Å². The lowest BCUT2D eigenvalue weighted by molar-refractivity contribution is 0.389. The number of benzene rings is 3. The predicted molar refractivity (Wildman–Crippen MR) is 74.8 cm³/mol. The largest absolute Gasteiger partial charge is 0.291 e. The fraction of sp³-hybridized carbons (Fsp3) is 0. The summed E-state index contributed by atoms with van der Waals surface area (Å²) in [4.78, 5) is 0. The molecule has 0 spiro atoms. The molecule has 2 heteroatoms. The van der Waals surface area contributed by atoms with Crippen molar-refractivity contribution in [3.63, 3.8) is 0 Å². The molecule has 0 bridgehead atoms. The van der Waals surface area contributed by atoms with Crippen LogP contribution in [0, 0.1) is 0 Å². The number of anilines is 1. The topological polar surface area (TPSA) is 32.3 Å².